The average molecular weight is 490 g/mol. The van der Waals surface area contributed by atoms with Crippen LogP contribution in [0.15, 0.2) is 67.0 Å². The van der Waals surface area contributed by atoms with Gasteiger partial charge in [0.15, 0.2) is 17.3 Å². The zero-order chi connectivity index (χ0) is 24.9. The van der Waals surface area contributed by atoms with Gasteiger partial charge in [0.2, 0.25) is 5.91 Å². The summed E-state index contributed by atoms with van der Waals surface area (Å²) >= 11 is 0. The molecule has 1 fully saturated rings. The van der Waals surface area contributed by atoms with E-state index in [4.69, 9.17) is 9.47 Å². The van der Waals surface area contributed by atoms with Crippen molar-refractivity contribution >= 4 is 17.2 Å². The summed E-state index contributed by atoms with van der Waals surface area (Å²) in [6, 6.07) is 15.7. The Morgan fingerprint density at radius 2 is 1.86 bits per heavy atom. The van der Waals surface area contributed by atoms with E-state index in [1.807, 2.05) is 30.3 Å². The van der Waals surface area contributed by atoms with E-state index < -0.39 is 0 Å². The molecule has 0 bridgehead atoms. The van der Waals surface area contributed by atoms with Crippen LogP contribution in [-0.4, -0.2) is 53.9 Å². The summed E-state index contributed by atoms with van der Waals surface area (Å²) in [5.74, 6) is 1.89. The van der Waals surface area contributed by atoms with Crippen molar-refractivity contribution in [2.24, 2.45) is 5.92 Å². The highest BCUT2D eigenvalue weighted by atomic mass is 19.1. The maximum Gasteiger partial charge on any atom is 0.223 e. The summed E-state index contributed by atoms with van der Waals surface area (Å²) in [7, 11) is 1.60. The number of fused-ring (bicyclic) bond motifs is 1. The van der Waals surface area contributed by atoms with Gasteiger partial charge in [0.1, 0.15) is 17.9 Å². The summed E-state index contributed by atoms with van der Waals surface area (Å²) in [6.07, 6.45) is 5.01. The molecular weight excluding hydrogens is 461 g/mol. The lowest BCUT2D eigenvalue weighted by Gasteiger charge is -2.32. The van der Waals surface area contributed by atoms with Crippen molar-refractivity contribution in [1.82, 2.24) is 19.9 Å². The maximum atomic E-state index is 13.3. The molecule has 0 atom stereocenters. The van der Waals surface area contributed by atoms with Gasteiger partial charge in [-0.25, -0.2) is 13.9 Å². The molecule has 36 heavy (non-hydrogen) atoms. The van der Waals surface area contributed by atoms with Gasteiger partial charge in [0, 0.05) is 37.0 Å². The van der Waals surface area contributed by atoms with E-state index in [0.29, 0.717) is 24.7 Å². The van der Waals surface area contributed by atoms with Crippen LogP contribution < -0.4 is 19.7 Å². The Morgan fingerprint density at radius 1 is 1.11 bits per heavy atom. The van der Waals surface area contributed by atoms with Gasteiger partial charge < -0.3 is 19.7 Å². The maximum absolute atomic E-state index is 13.3. The number of para-hydroxylation sites is 2. The van der Waals surface area contributed by atoms with Crippen molar-refractivity contribution in [2.45, 2.75) is 12.8 Å². The number of aromatic nitrogens is 3. The van der Waals surface area contributed by atoms with Crippen LogP contribution >= 0.6 is 0 Å². The molecule has 0 radical (unpaired) electrons. The molecule has 1 N–H and O–H groups in total. The van der Waals surface area contributed by atoms with Crippen molar-refractivity contribution < 1.29 is 18.7 Å². The molecule has 1 saturated heterocycles. The van der Waals surface area contributed by atoms with Crippen molar-refractivity contribution in [3.63, 3.8) is 0 Å². The van der Waals surface area contributed by atoms with Gasteiger partial charge in [-0.3, -0.25) is 4.79 Å². The Labute approximate surface area is 208 Å². The first-order chi connectivity index (χ1) is 17.6. The minimum atomic E-state index is -0.277. The van der Waals surface area contributed by atoms with E-state index in [2.05, 4.69) is 20.3 Å². The number of ether oxygens (including phenoxy) is 2. The van der Waals surface area contributed by atoms with Gasteiger partial charge in [0.05, 0.1) is 19.3 Å². The van der Waals surface area contributed by atoms with Gasteiger partial charge in [-0.15, -0.1) is 0 Å². The van der Waals surface area contributed by atoms with E-state index >= 15 is 0 Å². The molecule has 1 aliphatic heterocycles. The Hall–Kier alpha value is -4.14. The smallest absolute Gasteiger partial charge is 0.223 e. The molecule has 0 saturated carbocycles. The topological polar surface area (TPSA) is 81.0 Å². The fraction of sp³-hybridized carbons (Fsp3) is 0.296. The van der Waals surface area contributed by atoms with Crippen molar-refractivity contribution in [3.8, 4) is 22.8 Å². The van der Waals surface area contributed by atoms with Gasteiger partial charge in [-0.2, -0.15) is 5.10 Å². The Morgan fingerprint density at radius 3 is 2.61 bits per heavy atom. The number of rotatable bonds is 8. The number of anilines is 1. The lowest BCUT2D eigenvalue weighted by Crippen LogP contribution is -2.41. The summed E-state index contributed by atoms with van der Waals surface area (Å²) in [5, 5.41) is 7.62. The quantitative estimate of drug-likeness (QED) is 0.378. The summed E-state index contributed by atoms with van der Waals surface area (Å²) in [5.41, 5.74) is 2.48. The van der Waals surface area contributed by atoms with Crippen LogP contribution in [0, 0.1) is 11.7 Å². The number of piperidine rings is 1. The van der Waals surface area contributed by atoms with Crippen LogP contribution in [0.5, 0.6) is 11.5 Å². The molecule has 0 unspecified atom stereocenters. The number of carbonyl (C=O) groups is 1. The number of benzene rings is 2. The van der Waals surface area contributed by atoms with E-state index in [1.165, 1.54) is 12.1 Å². The molecule has 9 heteroatoms. The molecule has 186 valence electrons. The highest BCUT2D eigenvalue weighted by molar-refractivity contribution is 5.79. The molecule has 0 spiro atoms. The number of halogens is 1. The predicted octanol–water partition coefficient (Wildman–Crippen LogP) is 3.96. The highest BCUT2D eigenvalue weighted by Crippen LogP contribution is 2.29. The molecule has 2 aromatic carbocycles. The van der Waals surface area contributed by atoms with E-state index in [-0.39, 0.29) is 17.6 Å². The number of carbonyl (C=O) groups excluding carboxylic acids is 1. The van der Waals surface area contributed by atoms with E-state index in [1.54, 1.807) is 36.2 Å². The lowest BCUT2D eigenvalue weighted by atomic mass is 9.96. The third-order valence-corrected chi connectivity index (χ3v) is 6.40. The molecular formula is C27H28FN5O3. The Kier molecular flexibility index (Phi) is 6.97. The molecule has 5 rings (SSSR count). The van der Waals surface area contributed by atoms with E-state index in [9.17, 15) is 9.18 Å². The highest BCUT2D eigenvalue weighted by Gasteiger charge is 2.26. The largest absolute Gasteiger partial charge is 0.493 e. The molecule has 3 heterocycles. The molecule has 8 nitrogen and oxygen atoms in total. The third kappa shape index (κ3) is 5.10. The number of nitrogens with one attached hydrogen (secondary N) is 1. The second kappa shape index (κ2) is 10.6. The molecule has 1 aliphatic rings. The fourth-order valence-electron chi connectivity index (χ4n) is 4.48. The van der Waals surface area contributed by atoms with Gasteiger partial charge >= 0.3 is 0 Å². The van der Waals surface area contributed by atoms with Crippen molar-refractivity contribution in [1.29, 1.82) is 0 Å². The molecule has 1 amide bonds. The lowest BCUT2D eigenvalue weighted by molar-refractivity contribution is -0.125. The molecule has 4 aromatic rings. The number of hydrogen-bond acceptors (Lipinski definition) is 6. The average Bonchev–Trinajstić information content (AvgIpc) is 3.36. The first-order valence-corrected chi connectivity index (χ1v) is 12.0. The second-order valence-electron chi connectivity index (χ2n) is 8.67. The van der Waals surface area contributed by atoms with Gasteiger partial charge in [-0.1, -0.05) is 12.1 Å². The number of amides is 1. The normalized spacial score (nSPS) is 14.1. The Bertz CT molecular complexity index is 1330. The van der Waals surface area contributed by atoms with Gasteiger partial charge in [0.25, 0.3) is 0 Å². The Balaban J connectivity index is 1.16. The standard InChI is InChI=1S/C27H28FN5O3/c1-35-24-4-2-3-5-25(24)36-17-13-30-27(34)20-10-14-32(15-11-20)26-23-18-22(31-33(23)16-12-29-26)19-6-8-21(28)9-7-19/h2-9,12,16,18,20H,10-11,13-15,17H2,1H3,(H,30,34). The van der Waals surface area contributed by atoms with Crippen LogP contribution in [-0.2, 0) is 4.79 Å². The summed E-state index contributed by atoms with van der Waals surface area (Å²) < 4.78 is 26.1. The van der Waals surface area contributed by atoms with Gasteiger partial charge in [-0.05, 0) is 55.3 Å². The second-order valence-corrected chi connectivity index (χ2v) is 8.67. The van der Waals surface area contributed by atoms with Crippen LogP contribution in [0.1, 0.15) is 12.8 Å². The van der Waals surface area contributed by atoms with Crippen molar-refractivity contribution in [2.75, 3.05) is 38.3 Å². The SMILES string of the molecule is COc1ccccc1OCCNC(=O)C1CCN(c2nccn3nc(-c4ccc(F)cc4)cc23)CC1. The summed E-state index contributed by atoms with van der Waals surface area (Å²) in [6.45, 7) is 2.24. The monoisotopic (exact) mass is 489 g/mol. The first kappa shape index (κ1) is 23.6. The first-order valence-electron chi connectivity index (χ1n) is 12.0. The van der Waals surface area contributed by atoms with Crippen LogP contribution in [0.25, 0.3) is 16.8 Å². The van der Waals surface area contributed by atoms with Crippen molar-refractivity contribution in [3.05, 3.63) is 72.8 Å². The number of methoxy groups -OCH3 is 1. The number of nitrogens with zero attached hydrogens (tertiary/aromatic N) is 4. The van der Waals surface area contributed by atoms with Crippen LogP contribution in [0.3, 0.4) is 0 Å². The van der Waals surface area contributed by atoms with Crippen LogP contribution in [0.2, 0.25) is 0 Å². The predicted molar refractivity (Wildman–Crippen MR) is 135 cm³/mol. The zero-order valence-corrected chi connectivity index (χ0v) is 20.1. The molecule has 0 aliphatic carbocycles. The number of hydrogen-bond donors (Lipinski definition) is 1. The molecule has 2 aromatic heterocycles. The minimum absolute atomic E-state index is 0.0485. The fourth-order valence-corrected chi connectivity index (χ4v) is 4.48. The van der Waals surface area contributed by atoms with Crippen LogP contribution in [0.4, 0.5) is 10.2 Å². The van der Waals surface area contributed by atoms with E-state index in [0.717, 1.165) is 48.5 Å². The minimum Gasteiger partial charge on any atom is -0.493 e. The third-order valence-electron chi connectivity index (χ3n) is 6.40. The summed E-state index contributed by atoms with van der Waals surface area (Å²) in [4.78, 5) is 19.5. The zero-order valence-electron chi connectivity index (χ0n) is 20.1.